The Bertz CT molecular complexity index is 2460. The van der Waals surface area contributed by atoms with Crippen LogP contribution >= 0.6 is 11.3 Å². The summed E-state index contributed by atoms with van der Waals surface area (Å²) in [6.07, 6.45) is 9.93. The molecule has 4 amide bonds. The number of likely N-dealkylation sites (tertiary alicyclic amines) is 1. The molecule has 1 atom stereocenters. The molecule has 9 rings (SSSR count). The Morgan fingerprint density at radius 1 is 0.877 bits per heavy atom. The van der Waals surface area contributed by atoms with Gasteiger partial charge in [-0.15, -0.1) is 11.3 Å². The van der Waals surface area contributed by atoms with Gasteiger partial charge in [0.15, 0.2) is 0 Å². The van der Waals surface area contributed by atoms with Gasteiger partial charge in [-0.25, -0.2) is 4.98 Å². The molecule has 3 fully saturated rings. The lowest BCUT2D eigenvalue weighted by Gasteiger charge is -2.36. The lowest BCUT2D eigenvalue weighted by molar-refractivity contribution is -0.136. The summed E-state index contributed by atoms with van der Waals surface area (Å²) in [4.78, 5) is 72.9. The summed E-state index contributed by atoms with van der Waals surface area (Å²) in [6, 6.07) is 17.8. The fraction of sp³-hybridized carbons (Fsp3) is 0.409. The number of nitrogens with zero attached hydrogens (tertiary/aromatic N) is 4. The minimum absolute atomic E-state index is 0.0675. The Morgan fingerprint density at radius 2 is 1.68 bits per heavy atom. The minimum Gasteiger partial charge on any atom is -0.494 e. The average molecular weight is 787 g/mol. The van der Waals surface area contributed by atoms with Gasteiger partial charge >= 0.3 is 0 Å². The lowest BCUT2D eigenvalue weighted by atomic mass is 9.81. The van der Waals surface area contributed by atoms with E-state index in [2.05, 4.69) is 15.5 Å². The van der Waals surface area contributed by atoms with Crippen molar-refractivity contribution in [2.75, 3.05) is 38.6 Å². The molecule has 0 spiro atoms. The van der Waals surface area contributed by atoms with E-state index in [4.69, 9.17) is 9.72 Å². The van der Waals surface area contributed by atoms with Gasteiger partial charge in [0.2, 0.25) is 11.8 Å². The first-order valence-electron chi connectivity index (χ1n) is 20.2. The van der Waals surface area contributed by atoms with Gasteiger partial charge in [0.1, 0.15) is 11.8 Å². The number of thiazole rings is 1. The second kappa shape index (κ2) is 15.5. The van der Waals surface area contributed by atoms with Crippen molar-refractivity contribution in [3.63, 3.8) is 0 Å². The van der Waals surface area contributed by atoms with E-state index in [-0.39, 0.29) is 24.3 Å². The number of ether oxygens (including phenoxy) is 1. The van der Waals surface area contributed by atoms with Crippen molar-refractivity contribution in [3.8, 4) is 11.4 Å². The van der Waals surface area contributed by atoms with Crippen molar-refractivity contribution < 1.29 is 23.9 Å². The van der Waals surface area contributed by atoms with E-state index in [1.807, 2.05) is 54.7 Å². The van der Waals surface area contributed by atoms with E-state index >= 15 is 0 Å². The van der Waals surface area contributed by atoms with Crippen LogP contribution in [0.25, 0.3) is 26.7 Å². The first-order chi connectivity index (χ1) is 27.7. The van der Waals surface area contributed by atoms with Crippen LogP contribution in [0.4, 0.5) is 5.69 Å². The van der Waals surface area contributed by atoms with E-state index in [0.29, 0.717) is 52.2 Å². The molecule has 3 aliphatic heterocycles. The smallest absolute Gasteiger partial charge is 0.264 e. The number of benzene rings is 3. The Balaban J connectivity index is 0.754. The highest BCUT2D eigenvalue weighted by Crippen LogP contribution is 2.41. The molecule has 0 radical (unpaired) electrons. The number of hydrogen-bond donors (Lipinski definition) is 2. The molecular weight excluding hydrogens is 741 g/mol. The maximum absolute atomic E-state index is 13.4. The fourth-order valence-corrected chi connectivity index (χ4v) is 10.5. The summed E-state index contributed by atoms with van der Waals surface area (Å²) < 4.78 is 8.50. The zero-order valence-corrected chi connectivity index (χ0v) is 32.8. The number of hydrogen-bond acceptors (Lipinski definition) is 10. The van der Waals surface area contributed by atoms with Crippen molar-refractivity contribution in [3.05, 3.63) is 93.3 Å². The molecule has 2 N–H and O–H groups in total. The first-order valence-corrected chi connectivity index (χ1v) is 21.0. The molecule has 5 aromatic rings. The van der Waals surface area contributed by atoms with Crippen molar-refractivity contribution in [2.24, 2.45) is 11.8 Å². The van der Waals surface area contributed by atoms with E-state index in [9.17, 15) is 24.0 Å². The molecule has 4 aliphatic rings. The number of aromatic nitrogens is 2. The normalized spacial score (nSPS) is 22.0. The molecule has 5 heterocycles. The fourth-order valence-electron chi connectivity index (χ4n) is 9.36. The van der Waals surface area contributed by atoms with Gasteiger partial charge in [-0.2, -0.15) is 0 Å². The molecule has 13 heteroatoms. The van der Waals surface area contributed by atoms with E-state index in [1.54, 1.807) is 35.1 Å². The van der Waals surface area contributed by atoms with E-state index in [1.165, 1.54) is 17.8 Å². The number of imide groups is 2. The van der Waals surface area contributed by atoms with Gasteiger partial charge in [0, 0.05) is 48.8 Å². The predicted molar refractivity (Wildman–Crippen MR) is 219 cm³/mol. The SMILES string of the molecule is COc1cc2nc([C@H]3CC[C@H](CN4CCC(CCNc5cccc6c5C(=O)N(C5CCC(=O)NC5=O)C6=O)CC4)CC3)sc2cc1-n1ccc2ccccc2c1=O. The second-order valence-corrected chi connectivity index (χ2v) is 17.0. The largest absolute Gasteiger partial charge is 0.494 e. The molecule has 57 heavy (non-hydrogen) atoms. The van der Waals surface area contributed by atoms with Crippen LogP contribution in [-0.2, 0) is 9.59 Å². The maximum Gasteiger partial charge on any atom is 0.264 e. The number of carbonyl (C=O) groups is 4. The van der Waals surface area contributed by atoms with Gasteiger partial charge in [-0.1, -0.05) is 24.3 Å². The Labute approximate surface area is 334 Å². The molecule has 1 saturated carbocycles. The van der Waals surface area contributed by atoms with Crippen LogP contribution in [0.5, 0.6) is 5.75 Å². The number of carbonyl (C=O) groups excluding carboxylic acids is 4. The monoisotopic (exact) mass is 786 g/mol. The van der Waals surface area contributed by atoms with Crippen molar-refractivity contribution >= 4 is 61.6 Å². The van der Waals surface area contributed by atoms with Crippen LogP contribution in [0.1, 0.15) is 89.4 Å². The topological polar surface area (TPSA) is 143 Å². The maximum atomic E-state index is 13.4. The number of amides is 4. The molecule has 0 bridgehead atoms. The average Bonchev–Trinajstić information content (AvgIpc) is 3.76. The Kier molecular flexibility index (Phi) is 10.1. The van der Waals surface area contributed by atoms with Crippen LogP contribution in [0.15, 0.2) is 71.7 Å². The number of methoxy groups -OCH3 is 1. The van der Waals surface area contributed by atoms with Gasteiger partial charge in [0.05, 0.1) is 39.1 Å². The molecule has 12 nitrogen and oxygen atoms in total. The highest BCUT2D eigenvalue weighted by Gasteiger charge is 2.45. The van der Waals surface area contributed by atoms with Crippen LogP contribution in [0, 0.1) is 11.8 Å². The van der Waals surface area contributed by atoms with E-state index < -0.39 is 23.8 Å². The highest BCUT2D eigenvalue weighted by atomic mass is 32.1. The molecule has 1 aliphatic carbocycles. The van der Waals surface area contributed by atoms with E-state index in [0.717, 1.165) is 77.9 Å². The standard InChI is InChI=1S/C44H46N6O6S/c1-56-36-23-33-37(24-35(36)49-22-18-28-5-2-3-6-30(28)42(49)53)57-41(46-33)29-11-9-27(10-12-29)25-48-20-16-26(17-21-48)15-19-45-32-8-4-7-31-39(32)44(55)50(43(31)54)34-13-14-38(51)47-40(34)52/h2-8,18,22-24,26-27,29,34,45H,9-17,19-21,25H2,1H3,(H,47,51,52)/t27-,29-,34?. The number of anilines is 1. The van der Waals surface area contributed by atoms with Crippen molar-refractivity contribution in [1.29, 1.82) is 0 Å². The summed E-state index contributed by atoms with van der Waals surface area (Å²) in [5.41, 5.74) is 2.79. The summed E-state index contributed by atoms with van der Waals surface area (Å²) in [5.74, 6) is 0.372. The van der Waals surface area contributed by atoms with Gasteiger partial charge in [0.25, 0.3) is 17.4 Å². The summed E-state index contributed by atoms with van der Waals surface area (Å²) in [7, 11) is 1.64. The van der Waals surface area contributed by atoms with Gasteiger partial charge in [-0.3, -0.25) is 38.8 Å². The quantitative estimate of drug-likeness (QED) is 0.152. The second-order valence-electron chi connectivity index (χ2n) is 16.0. The van der Waals surface area contributed by atoms with Crippen molar-refractivity contribution in [2.45, 2.75) is 69.7 Å². The predicted octanol–water partition coefficient (Wildman–Crippen LogP) is 6.50. The summed E-state index contributed by atoms with van der Waals surface area (Å²) >= 11 is 1.74. The molecule has 1 unspecified atom stereocenters. The van der Waals surface area contributed by atoms with Crippen LogP contribution in [0.2, 0.25) is 0 Å². The Morgan fingerprint density at radius 3 is 2.47 bits per heavy atom. The Hall–Kier alpha value is -5.40. The lowest BCUT2D eigenvalue weighted by Crippen LogP contribution is -2.54. The van der Waals surface area contributed by atoms with Crippen LogP contribution < -0.4 is 20.9 Å². The minimum atomic E-state index is -0.974. The van der Waals surface area contributed by atoms with Gasteiger partial charge in [-0.05, 0) is 112 Å². The number of rotatable bonds is 10. The molecule has 2 saturated heterocycles. The molecular formula is C44H46N6O6S. The summed E-state index contributed by atoms with van der Waals surface area (Å²) in [6.45, 7) is 3.99. The number of piperidine rings is 2. The third-order valence-electron chi connectivity index (χ3n) is 12.5. The molecule has 3 aromatic carbocycles. The molecule has 294 valence electrons. The molecule has 2 aromatic heterocycles. The van der Waals surface area contributed by atoms with Gasteiger partial charge < -0.3 is 15.0 Å². The zero-order chi connectivity index (χ0) is 39.2. The van der Waals surface area contributed by atoms with Crippen molar-refractivity contribution in [1.82, 2.24) is 24.7 Å². The zero-order valence-electron chi connectivity index (χ0n) is 32.0. The number of pyridine rings is 1. The number of fused-ring (bicyclic) bond motifs is 3. The van der Waals surface area contributed by atoms with Crippen LogP contribution in [-0.4, -0.2) is 82.3 Å². The summed E-state index contributed by atoms with van der Waals surface area (Å²) in [5, 5.41) is 8.44. The van der Waals surface area contributed by atoms with Crippen LogP contribution in [0.3, 0.4) is 0 Å². The third kappa shape index (κ3) is 7.12. The highest BCUT2D eigenvalue weighted by molar-refractivity contribution is 7.18. The third-order valence-corrected chi connectivity index (χ3v) is 13.7. The number of nitrogens with one attached hydrogen (secondary N) is 2. The first kappa shape index (κ1) is 37.2.